The van der Waals surface area contributed by atoms with E-state index in [0.717, 1.165) is 15.7 Å². The number of hydrogen-bond acceptors (Lipinski definition) is 2. The number of anilines is 1. The average molecular weight is 346 g/mol. The van der Waals surface area contributed by atoms with E-state index in [2.05, 4.69) is 33.2 Å². The summed E-state index contributed by atoms with van der Waals surface area (Å²) >= 11 is 15.6. The SMILES string of the molecule is CC(Nc1ccc(Br)c(Cl)c1Cl)c1ccncc1. The molecular weight excluding hydrogens is 335 g/mol. The number of nitrogens with one attached hydrogen (secondary N) is 1. The molecule has 2 nitrogen and oxygen atoms in total. The molecule has 1 aromatic heterocycles. The van der Waals surface area contributed by atoms with Crippen LogP contribution in [0.25, 0.3) is 0 Å². The maximum atomic E-state index is 6.19. The van der Waals surface area contributed by atoms with Gasteiger partial charge in [-0.15, -0.1) is 0 Å². The fraction of sp³-hybridized carbons (Fsp3) is 0.154. The van der Waals surface area contributed by atoms with Crippen molar-refractivity contribution in [3.8, 4) is 0 Å². The van der Waals surface area contributed by atoms with Crippen molar-refractivity contribution in [1.82, 2.24) is 4.98 Å². The largest absolute Gasteiger partial charge is 0.377 e. The van der Waals surface area contributed by atoms with Gasteiger partial charge in [-0.2, -0.15) is 0 Å². The first-order valence-electron chi connectivity index (χ1n) is 5.39. The molecule has 0 fully saturated rings. The van der Waals surface area contributed by atoms with Gasteiger partial charge in [0.15, 0.2) is 0 Å². The van der Waals surface area contributed by atoms with E-state index in [1.807, 2.05) is 24.3 Å². The smallest absolute Gasteiger partial charge is 0.0835 e. The Labute approximate surface area is 124 Å². The third-order valence-electron chi connectivity index (χ3n) is 2.61. The molecule has 1 unspecified atom stereocenters. The molecule has 0 amide bonds. The summed E-state index contributed by atoms with van der Waals surface area (Å²) in [5.41, 5.74) is 1.95. The molecule has 2 aromatic rings. The molecule has 1 heterocycles. The second kappa shape index (κ2) is 5.91. The van der Waals surface area contributed by atoms with E-state index in [1.54, 1.807) is 12.4 Å². The number of aromatic nitrogens is 1. The predicted molar refractivity (Wildman–Crippen MR) is 80.4 cm³/mol. The Kier molecular flexibility index (Phi) is 4.49. The van der Waals surface area contributed by atoms with E-state index in [-0.39, 0.29) is 6.04 Å². The summed E-state index contributed by atoms with van der Waals surface area (Å²) in [6, 6.07) is 7.83. The molecule has 0 radical (unpaired) electrons. The normalized spacial score (nSPS) is 12.2. The van der Waals surface area contributed by atoms with Crippen LogP contribution in [0.2, 0.25) is 10.0 Å². The minimum Gasteiger partial charge on any atom is -0.377 e. The summed E-state index contributed by atoms with van der Waals surface area (Å²) in [6.45, 7) is 2.06. The molecule has 18 heavy (non-hydrogen) atoms. The molecule has 2 rings (SSSR count). The van der Waals surface area contributed by atoms with Crippen molar-refractivity contribution < 1.29 is 0 Å². The van der Waals surface area contributed by atoms with Crippen molar-refractivity contribution in [2.75, 3.05) is 5.32 Å². The van der Waals surface area contributed by atoms with E-state index < -0.39 is 0 Å². The molecule has 0 aliphatic carbocycles. The van der Waals surface area contributed by atoms with Crippen LogP contribution in [0.1, 0.15) is 18.5 Å². The maximum Gasteiger partial charge on any atom is 0.0835 e. The van der Waals surface area contributed by atoms with Crippen molar-refractivity contribution in [1.29, 1.82) is 0 Å². The van der Waals surface area contributed by atoms with Crippen molar-refractivity contribution in [3.05, 3.63) is 56.7 Å². The van der Waals surface area contributed by atoms with Crippen LogP contribution in [-0.2, 0) is 0 Å². The molecule has 0 spiro atoms. The summed E-state index contributed by atoms with van der Waals surface area (Å²) < 4.78 is 0.788. The van der Waals surface area contributed by atoms with Gasteiger partial charge in [-0.05, 0) is 52.7 Å². The van der Waals surface area contributed by atoms with Crippen molar-refractivity contribution in [2.45, 2.75) is 13.0 Å². The molecule has 94 valence electrons. The second-order valence-electron chi connectivity index (χ2n) is 3.87. The fourth-order valence-electron chi connectivity index (χ4n) is 1.61. The van der Waals surface area contributed by atoms with Gasteiger partial charge in [-0.25, -0.2) is 0 Å². The Bertz CT molecular complexity index is 546. The standard InChI is InChI=1S/C13H11BrCl2N2/c1-8(9-4-6-17-7-5-9)18-11-3-2-10(14)12(15)13(11)16/h2-8,18H,1H3. The van der Waals surface area contributed by atoms with Gasteiger partial charge in [0, 0.05) is 22.9 Å². The van der Waals surface area contributed by atoms with E-state index in [0.29, 0.717) is 10.0 Å². The number of halogens is 3. The Hall–Kier alpha value is -0.770. The highest BCUT2D eigenvalue weighted by Gasteiger charge is 2.11. The first kappa shape index (κ1) is 13.7. The number of nitrogens with zero attached hydrogens (tertiary/aromatic N) is 1. The number of hydrogen-bond donors (Lipinski definition) is 1. The van der Waals surface area contributed by atoms with Gasteiger partial charge in [0.05, 0.1) is 15.7 Å². The second-order valence-corrected chi connectivity index (χ2v) is 5.48. The molecule has 0 aliphatic rings. The zero-order valence-electron chi connectivity index (χ0n) is 9.62. The molecule has 1 N–H and O–H groups in total. The highest BCUT2D eigenvalue weighted by Crippen LogP contribution is 2.37. The van der Waals surface area contributed by atoms with Crippen LogP contribution in [-0.4, -0.2) is 4.98 Å². The first-order chi connectivity index (χ1) is 8.59. The number of pyridine rings is 1. The van der Waals surface area contributed by atoms with Crippen molar-refractivity contribution in [2.24, 2.45) is 0 Å². The Balaban J connectivity index is 2.22. The van der Waals surface area contributed by atoms with E-state index in [1.165, 1.54) is 0 Å². The van der Waals surface area contributed by atoms with Gasteiger partial charge in [-0.3, -0.25) is 4.98 Å². The lowest BCUT2D eigenvalue weighted by Crippen LogP contribution is -2.07. The molecule has 1 aromatic carbocycles. The molecule has 0 saturated heterocycles. The van der Waals surface area contributed by atoms with Gasteiger partial charge in [-0.1, -0.05) is 23.2 Å². The zero-order valence-corrected chi connectivity index (χ0v) is 12.7. The lowest BCUT2D eigenvalue weighted by atomic mass is 10.1. The Morgan fingerprint density at radius 1 is 1.11 bits per heavy atom. The van der Waals surface area contributed by atoms with E-state index in [9.17, 15) is 0 Å². The highest BCUT2D eigenvalue weighted by atomic mass is 79.9. The monoisotopic (exact) mass is 344 g/mol. The predicted octanol–water partition coefficient (Wildman–Crippen LogP) is 5.32. The fourth-order valence-corrected chi connectivity index (χ4v) is 2.43. The third-order valence-corrected chi connectivity index (χ3v) is 4.38. The summed E-state index contributed by atoms with van der Waals surface area (Å²) in [6.07, 6.45) is 3.54. The summed E-state index contributed by atoms with van der Waals surface area (Å²) in [5, 5.41) is 4.37. The topological polar surface area (TPSA) is 24.9 Å². The molecule has 1 atom stereocenters. The van der Waals surface area contributed by atoms with E-state index >= 15 is 0 Å². The molecule has 0 aliphatic heterocycles. The Morgan fingerprint density at radius 2 is 1.78 bits per heavy atom. The molecular formula is C13H11BrCl2N2. The number of rotatable bonds is 3. The Morgan fingerprint density at radius 3 is 2.44 bits per heavy atom. The van der Waals surface area contributed by atoms with E-state index in [4.69, 9.17) is 23.2 Å². The van der Waals surface area contributed by atoms with Crippen LogP contribution in [0.15, 0.2) is 41.1 Å². The van der Waals surface area contributed by atoms with Gasteiger partial charge in [0.2, 0.25) is 0 Å². The summed E-state index contributed by atoms with van der Waals surface area (Å²) in [7, 11) is 0. The minimum absolute atomic E-state index is 0.128. The lowest BCUT2D eigenvalue weighted by molar-refractivity contribution is 0.881. The summed E-state index contributed by atoms with van der Waals surface area (Å²) in [5.74, 6) is 0. The zero-order chi connectivity index (χ0) is 13.1. The van der Waals surface area contributed by atoms with Gasteiger partial charge in [0.1, 0.15) is 0 Å². The maximum absolute atomic E-state index is 6.19. The molecule has 5 heteroatoms. The molecule has 0 saturated carbocycles. The van der Waals surface area contributed by atoms with Crippen LogP contribution in [0.4, 0.5) is 5.69 Å². The van der Waals surface area contributed by atoms with Gasteiger partial charge >= 0.3 is 0 Å². The van der Waals surface area contributed by atoms with Crippen molar-refractivity contribution in [3.63, 3.8) is 0 Å². The van der Waals surface area contributed by atoms with Crippen LogP contribution in [0.3, 0.4) is 0 Å². The van der Waals surface area contributed by atoms with Crippen LogP contribution >= 0.6 is 39.1 Å². The van der Waals surface area contributed by atoms with Gasteiger partial charge < -0.3 is 5.32 Å². The average Bonchev–Trinajstić information content (AvgIpc) is 2.40. The third kappa shape index (κ3) is 2.97. The first-order valence-corrected chi connectivity index (χ1v) is 6.94. The van der Waals surface area contributed by atoms with Crippen LogP contribution in [0.5, 0.6) is 0 Å². The lowest BCUT2D eigenvalue weighted by Gasteiger charge is -2.17. The van der Waals surface area contributed by atoms with Crippen molar-refractivity contribution >= 4 is 44.8 Å². The quantitative estimate of drug-likeness (QED) is 0.761. The van der Waals surface area contributed by atoms with Crippen LogP contribution < -0.4 is 5.32 Å². The highest BCUT2D eigenvalue weighted by molar-refractivity contribution is 9.10. The van der Waals surface area contributed by atoms with Crippen LogP contribution in [0, 0.1) is 0 Å². The minimum atomic E-state index is 0.128. The number of benzene rings is 1. The molecule has 0 bridgehead atoms. The van der Waals surface area contributed by atoms with Gasteiger partial charge in [0.25, 0.3) is 0 Å². The summed E-state index contributed by atoms with van der Waals surface area (Å²) in [4.78, 5) is 4.00.